The molecule has 3 aliphatic rings. The molecule has 2 heterocycles. The summed E-state index contributed by atoms with van der Waals surface area (Å²) in [6, 6.07) is 0. The summed E-state index contributed by atoms with van der Waals surface area (Å²) in [5, 5.41) is 0. The molecule has 1 saturated heterocycles. The Morgan fingerprint density at radius 2 is 2.33 bits per heavy atom. The van der Waals surface area contributed by atoms with Crippen molar-refractivity contribution in [3.63, 3.8) is 0 Å². The van der Waals surface area contributed by atoms with Crippen molar-refractivity contribution in [1.82, 2.24) is 0 Å². The minimum atomic E-state index is -0.296. The molecule has 2 aliphatic heterocycles. The molecule has 3 nitrogen and oxygen atoms in total. The van der Waals surface area contributed by atoms with Crippen LogP contribution in [0.15, 0.2) is 11.8 Å². The van der Waals surface area contributed by atoms with E-state index in [0.717, 1.165) is 19.4 Å². The van der Waals surface area contributed by atoms with Gasteiger partial charge in [-0.2, -0.15) is 0 Å². The van der Waals surface area contributed by atoms with E-state index in [0.29, 0.717) is 11.7 Å². The van der Waals surface area contributed by atoms with Crippen molar-refractivity contribution >= 4 is 5.97 Å². The maximum Gasteiger partial charge on any atom is 0.317 e. The van der Waals surface area contributed by atoms with Crippen LogP contribution in [-0.2, 0) is 14.3 Å². The molecule has 0 amide bonds. The zero-order valence-electron chi connectivity index (χ0n) is 8.99. The van der Waals surface area contributed by atoms with Crippen molar-refractivity contribution in [2.24, 2.45) is 11.8 Å². The Balaban J connectivity index is 1.97. The Kier molecular flexibility index (Phi) is 1.93. The number of carbonyl (C=O) groups is 1. The highest BCUT2D eigenvalue weighted by molar-refractivity contribution is 5.78. The molecular formula is C12H16O3. The summed E-state index contributed by atoms with van der Waals surface area (Å²) in [7, 11) is 0. The molecular weight excluding hydrogens is 192 g/mol. The molecule has 0 bridgehead atoms. The van der Waals surface area contributed by atoms with Crippen molar-refractivity contribution < 1.29 is 14.3 Å². The molecule has 1 aliphatic carbocycles. The first kappa shape index (κ1) is 9.40. The van der Waals surface area contributed by atoms with Gasteiger partial charge in [-0.25, -0.2) is 0 Å². The third-order valence-electron chi connectivity index (χ3n) is 3.98. The summed E-state index contributed by atoms with van der Waals surface area (Å²) in [4.78, 5) is 11.7. The van der Waals surface area contributed by atoms with E-state index < -0.39 is 0 Å². The van der Waals surface area contributed by atoms with Gasteiger partial charge in [0.15, 0.2) is 0 Å². The highest BCUT2D eigenvalue weighted by Crippen LogP contribution is 2.54. The van der Waals surface area contributed by atoms with E-state index in [-0.39, 0.29) is 17.5 Å². The number of allylic oxidation sites excluding steroid dienone is 1. The van der Waals surface area contributed by atoms with Crippen molar-refractivity contribution in [2.75, 3.05) is 6.61 Å². The van der Waals surface area contributed by atoms with E-state index in [9.17, 15) is 4.79 Å². The second-order valence-electron chi connectivity index (χ2n) is 4.86. The normalized spacial score (nSPS) is 44.1. The second-order valence-corrected chi connectivity index (χ2v) is 4.86. The summed E-state index contributed by atoms with van der Waals surface area (Å²) in [6.45, 7) is 2.62. The number of ether oxygens (including phenoxy) is 2. The van der Waals surface area contributed by atoms with Crippen LogP contribution in [0.4, 0.5) is 0 Å². The second kappa shape index (κ2) is 3.08. The van der Waals surface area contributed by atoms with E-state index in [1.165, 1.54) is 12.8 Å². The van der Waals surface area contributed by atoms with Gasteiger partial charge in [-0.3, -0.25) is 4.79 Å². The Hall–Kier alpha value is -0.830. The average Bonchev–Trinajstić information content (AvgIpc) is 2.30. The van der Waals surface area contributed by atoms with Gasteiger partial charge >= 0.3 is 5.97 Å². The zero-order valence-corrected chi connectivity index (χ0v) is 8.99. The Morgan fingerprint density at radius 1 is 1.47 bits per heavy atom. The maximum atomic E-state index is 11.7. The summed E-state index contributed by atoms with van der Waals surface area (Å²) >= 11 is 0. The number of cyclic esters (lactones) is 1. The Labute approximate surface area is 89.4 Å². The molecule has 0 aromatic rings. The molecule has 1 spiro atoms. The maximum absolute atomic E-state index is 11.7. The van der Waals surface area contributed by atoms with E-state index in [1.54, 1.807) is 0 Å². The van der Waals surface area contributed by atoms with Gasteiger partial charge in [0.2, 0.25) is 0 Å². The van der Waals surface area contributed by atoms with Gasteiger partial charge < -0.3 is 9.47 Å². The van der Waals surface area contributed by atoms with E-state index in [2.05, 4.69) is 0 Å². The minimum absolute atomic E-state index is 0.0377. The van der Waals surface area contributed by atoms with Crippen LogP contribution in [0, 0.1) is 11.8 Å². The van der Waals surface area contributed by atoms with E-state index >= 15 is 0 Å². The highest BCUT2D eigenvalue weighted by Gasteiger charge is 2.60. The van der Waals surface area contributed by atoms with Crippen LogP contribution in [0.1, 0.15) is 32.6 Å². The SMILES string of the molecule is CC1=CC23OCCCC[C@H]2CC3C(=O)O1. The summed E-state index contributed by atoms with van der Waals surface area (Å²) in [5.74, 6) is 1.12. The van der Waals surface area contributed by atoms with Crippen molar-refractivity contribution in [3.8, 4) is 0 Å². The van der Waals surface area contributed by atoms with Crippen LogP contribution in [0.5, 0.6) is 0 Å². The quantitative estimate of drug-likeness (QED) is 0.571. The third-order valence-corrected chi connectivity index (χ3v) is 3.98. The first-order valence-corrected chi connectivity index (χ1v) is 5.77. The Bertz CT molecular complexity index is 334. The Morgan fingerprint density at radius 3 is 3.20 bits per heavy atom. The van der Waals surface area contributed by atoms with Crippen molar-refractivity contribution in [3.05, 3.63) is 11.8 Å². The van der Waals surface area contributed by atoms with Gasteiger partial charge in [-0.1, -0.05) is 6.42 Å². The van der Waals surface area contributed by atoms with Gasteiger partial charge in [-0.15, -0.1) is 0 Å². The smallest absolute Gasteiger partial charge is 0.317 e. The van der Waals surface area contributed by atoms with Gasteiger partial charge in [-0.05, 0) is 38.2 Å². The fourth-order valence-electron chi connectivity index (χ4n) is 3.20. The van der Waals surface area contributed by atoms with Gasteiger partial charge in [0, 0.05) is 6.61 Å². The lowest BCUT2D eigenvalue weighted by Gasteiger charge is -2.53. The lowest BCUT2D eigenvalue weighted by atomic mass is 9.58. The van der Waals surface area contributed by atoms with Gasteiger partial charge in [0.1, 0.15) is 11.4 Å². The van der Waals surface area contributed by atoms with E-state index in [1.807, 2.05) is 13.0 Å². The molecule has 2 unspecified atom stereocenters. The van der Waals surface area contributed by atoms with Crippen molar-refractivity contribution in [1.29, 1.82) is 0 Å². The zero-order chi connectivity index (χ0) is 10.5. The number of carbonyl (C=O) groups excluding carboxylic acids is 1. The van der Waals surface area contributed by atoms with E-state index in [4.69, 9.17) is 9.47 Å². The number of hydrogen-bond donors (Lipinski definition) is 0. The predicted molar refractivity (Wildman–Crippen MR) is 54.0 cm³/mol. The summed E-state index contributed by atoms with van der Waals surface area (Å²) in [6.07, 6.45) is 6.52. The molecule has 82 valence electrons. The monoisotopic (exact) mass is 208 g/mol. The van der Waals surface area contributed by atoms with Crippen LogP contribution < -0.4 is 0 Å². The predicted octanol–water partition coefficient (Wildman–Crippen LogP) is 2.02. The largest absolute Gasteiger partial charge is 0.431 e. The fourth-order valence-corrected chi connectivity index (χ4v) is 3.20. The summed E-state index contributed by atoms with van der Waals surface area (Å²) in [5.41, 5.74) is -0.296. The lowest BCUT2D eigenvalue weighted by Crippen LogP contribution is -2.60. The van der Waals surface area contributed by atoms with Crippen molar-refractivity contribution in [2.45, 2.75) is 38.2 Å². The van der Waals surface area contributed by atoms with Crippen LogP contribution in [-0.4, -0.2) is 18.2 Å². The molecule has 1 saturated carbocycles. The molecule has 3 rings (SSSR count). The number of hydrogen-bond acceptors (Lipinski definition) is 3. The molecule has 3 heteroatoms. The summed E-state index contributed by atoms with van der Waals surface area (Å²) < 4.78 is 11.1. The number of rotatable bonds is 0. The standard InChI is InChI=1S/C12H16O3/c1-8-7-12-9(4-2-3-5-14-12)6-10(12)11(13)15-8/h7,9-10H,2-6H2,1H3/t9-,10?,12?/m0/s1. The molecule has 3 atom stereocenters. The molecule has 0 radical (unpaired) electrons. The molecule has 0 N–H and O–H groups in total. The highest BCUT2D eigenvalue weighted by atomic mass is 16.6. The molecule has 0 aromatic heterocycles. The topological polar surface area (TPSA) is 35.5 Å². The molecule has 15 heavy (non-hydrogen) atoms. The number of esters is 1. The van der Waals surface area contributed by atoms with Crippen LogP contribution in [0.25, 0.3) is 0 Å². The lowest BCUT2D eigenvalue weighted by molar-refractivity contribution is -0.193. The fraction of sp³-hybridized carbons (Fsp3) is 0.750. The van der Waals surface area contributed by atoms with Crippen LogP contribution in [0.2, 0.25) is 0 Å². The van der Waals surface area contributed by atoms with Crippen LogP contribution >= 0.6 is 0 Å². The first-order chi connectivity index (χ1) is 7.22. The van der Waals surface area contributed by atoms with Crippen LogP contribution in [0.3, 0.4) is 0 Å². The van der Waals surface area contributed by atoms with Gasteiger partial charge in [0.25, 0.3) is 0 Å². The molecule has 2 fully saturated rings. The third kappa shape index (κ3) is 1.19. The molecule has 0 aromatic carbocycles. The van der Waals surface area contributed by atoms with Gasteiger partial charge in [0.05, 0.1) is 5.92 Å². The first-order valence-electron chi connectivity index (χ1n) is 5.77. The minimum Gasteiger partial charge on any atom is -0.431 e. The average molecular weight is 208 g/mol.